The second kappa shape index (κ2) is 7.70. The fourth-order valence-corrected chi connectivity index (χ4v) is 2.45. The number of aromatic nitrogens is 2. The smallest absolute Gasteiger partial charge is 0.321 e. The fraction of sp³-hybridized carbons (Fsp3) is 0.357. The van der Waals surface area contributed by atoms with Crippen molar-refractivity contribution in [1.29, 1.82) is 0 Å². The molecular formula is C14H18N4O2S. The lowest BCUT2D eigenvalue weighted by Gasteiger charge is -2.02. The van der Waals surface area contributed by atoms with E-state index in [4.69, 9.17) is 5.11 Å². The largest absolute Gasteiger partial charge is 0.396 e. The van der Waals surface area contributed by atoms with Crippen LogP contribution in [-0.4, -0.2) is 34.5 Å². The standard InChI is InChI=1S/C14H18N4O2S/c1-10-3-5-11(6-4-10)9-12-17-18-14(21-12)16-13(20)15-7-2-8-19/h3-6,19H,2,7-9H2,1H3,(H2,15,16,18,20). The Morgan fingerprint density at radius 3 is 2.76 bits per heavy atom. The summed E-state index contributed by atoms with van der Waals surface area (Å²) in [5, 5.41) is 23.2. The highest BCUT2D eigenvalue weighted by Crippen LogP contribution is 2.18. The van der Waals surface area contributed by atoms with E-state index >= 15 is 0 Å². The van der Waals surface area contributed by atoms with Gasteiger partial charge in [-0.2, -0.15) is 0 Å². The van der Waals surface area contributed by atoms with Crippen LogP contribution in [0.4, 0.5) is 9.93 Å². The summed E-state index contributed by atoms with van der Waals surface area (Å²) < 4.78 is 0. The first-order valence-corrected chi connectivity index (χ1v) is 7.52. The van der Waals surface area contributed by atoms with Gasteiger partial charge in [0, 0.05) is 19.6 Å². The van der Waals surface area contributed by atoms with Crippen molar-refractivity contribution in [1.82, 2.24) is 15.5 Å². The Labute approximate surface area is 127 Å². The summed E-state index contributed by atoms with van der Waals surface area (Å²) >= 11 is 1.36. The molecule has 1 aromatic heterocycles. The molecule has 0 unspecified atom stereocenters. The molecule has 0 saturated heterocycles. The fourth-order valence-electron chi connectivity index (χ4n) is 1.68. The van der Waals surface area contributed by atoms with E-state index in [9.17, 15) is 4.79 Å². The number of nitrogens with one attached hydrogen (secondary N) is 2. The van der Waals surface area contributed by atoms with Crippen molar-refractivity contribution < 1.29 is 9.90 Å². The van der Waals surface area contributed by atoms with Gasteiger partial charge >= 0.3 is 6.03 Å². The second-order valence-corrected chi connectivity index (χ2v) is 5.68. The van der Waals surface area contributed by atoms with Crippen molar-refractivity contribution in [2.24, 2.45) is 0 Å². The van der Waals surface area contributed by atoms with E-state index in [2.05, 4.69) is 45.1 Å². The summed E-state index contributed by atoms with van der Waals surface area (Å²) in [5.74, 6) is 0. The van der Waals surface area contributed by atoms with Gasteiger partial charge in [-0.05, 0) is 18.9 Å². The highest BCUT2D eigenvalue weighted by atomic mass is 32.1. The first kappa shape index (κ1) is 15.4. The average molecular weight is 306 g/mol. The lowest BCUT2D eigenvalue weighted by atomic mass is 10.1. The van der Waals surface area contributed by atoms with Crippen LogP contribution in [0.2, 0.25) is 0 Å². The highest BCUT2D eigenvalue weighted by Gasteiger charge is 2.08. The third-order valence-corrected chi connectivity index (χ3v) is 3.62. The van der Waals surface area contributed by atoms with Crippen molar-refractivity contribution >= 4 is 22.5 Å². The minimum atomic E-state index is -0.332. The normalized spacial score (nSPS) is 10.4. The Morgan fingerprint density at radius 1 is 1.29 bits per heavy atom. The summed E-state index contributed by atoms with van der Waals surface area (Å²) in [4.78, 5) is 11.5. The molecule has 0 fully saturated rings. The molecule has 1 heterocycles. The Hall–Kier alpha value is -1.99. The van der Waals surface area contributed by atoms with Crippen LogP contribution >= 0.6 is 11.3 Å². The van der Waals surface area contributed by atoms with Crippen LogP contribution in [0.1, 0.15) is 22.6 Å². The van der Waals surface area contributed by atoms with Crippen LogP contribution in [0, 0.1) is 6.92 Å². The maximum atomic E-state index is 11.5. The average Bonchev–Trinajstić information content (AvgIpc) is 2.89. The van der Waals surface area contributed by atoms with Gasteiger partial charge in [-0.1, -0.05) is 41.2 Å². The molecule has 0 spiro atoms. The molecule has 0 atom stereocenters. The third-order valence-electron chi connectivity index (χ3n) is 2.78. The number of amides is 2. The van der Waals surface area contributed by atoms with Gasteiger partial charge < -0.3 is 10.4 Å². The van der Waals surface area contributed by atoms with E-state index in [-0.39, 0.29) is 12.6 Å². The lowest BCUT2D eigenvalue weighted by Crippen LogP contribution is -2.29. The quantitative estimate of drug-likeness (QED) is 0.712. The number of aliphatic hydroxyl groups excluding tert-OH is 1. The Kier molecular flexibility index (Phi) is 5.65. The Morgan fingerprint density at radius 2 is 2.05 bits per heavy atom. The van der Waals surface area contributed by atoms with Gasteiger partial charge in [0.1, 0.15) is 5.01 Å². The SMILES string of the molecule is Cc1ccc(Cc2nnc(NC(=O)NCCCO)s2)cc1. The second-order valence-electron chi connectivity index (χ2n) is 4.62. The number of urea groups is 1. The number of carbonyl (C=O) groups is 1. The zero-order chi connectivity index (χ0) is 15.1. The number of hydrogen-bond donors (Lipinski definition) is 3. The first-order chi connectivity index (χ1) is 10.2. The molecule has 112 valence electrons. The van der Waals surface area contributed by atoms with Crippen molar-refractivity contribution in [2.75, 3.05) is 18.5 Å². The topological polar surface area (TPSA) is 87.1 Å². The minimum absolute atomic E-state index is 0.0553. The van der Waals surface area contributed by atoms with Gasteiger partial charge in [0.25, 0.3) is 0 Å². The van der Waals surface area contributed by atoms with Crippen LogP contribution in [0.25, 0.3) is 0 Å². The molecule has 3 N–H and O–H groups in total. The molecule has 0 aliphatic carbocycles. The van der Waals surface area contributed by atoms with Gasteiger partial charge in [0.15, 0.2) is 0 Å². The predicted octanol–water partition coefficient (Wildman–Crippen LogP) is 1.94. The van der Waals surface area contributed by atoms with Crippen molar-refractivity contribution in [3.05, 3.63) is 40.4 Å². The molecule has 21 heavy (non-hydrogen) atoms. The predicted molar refractivity (Wildman–Crippen MR) is 82.6 cm³/mol. The Balaban J connectivity index is 1.86. The summed E-state index contributed by atoms with van der Waals surface area (Å²) in [6.45, 7) is 2.53. The molecule has 0 radical (unpaired) electrons. The van der Waals surface area contributed by atoms with Crippen LogP contribution in [0.3, 0.4) is 0 Å². The zero-order valence-corrected chi connectivity index (χ0v) is 12.6. The highest BCUT2D eigenvalue weighted by molar-refractivity contribution is 7.15. The van der Waals surface area contributed by atoms with Crippen LogP contribution in [0.15, 0.2) is 24.3 Å². The number of benzene rings is 1. The number of aryl methyl sites for hydroxylation is 1. The number of aliphatic hydroxyl groups is 1. The van der Waals surface area contributed by atoms with Crippen molar-refractivity contribution in [3.8, 4) is 0 Å². The maximum absolute atomic E-state index is 11.5. The molecule has 0 aliphatic heterocycles. The molecular weight excluding hydrogens is 288 g/mol. The minimum Gasteiger partial charge on any atom is -0.396 e. The van der Waals surface area contributed by atoms with E-state index in [1.165, 1.54) is 16.9 Å². The number of anilines is 1. The van der Waals surface area contributed by atoms with E-state index in [1.54, 1.807) is 0 Å². The van der Waals surface area contributed by atoms with Crippen LogP contribution in [-0.2, 0) is 6.42 Å². The van der Waals surface area contributed by atoms with E-state index in [0.29, 0.717) is 24.5 Å². The summed E-state index contributed by atoms with van der Waals surface area (Å²) in [6.07, 6.45) is 1.23. The number of hydrogen-bond acceptors (Lipinski definition) is 5. The monoisotopic (exact) mass is 306 g/mol. The number of carbonyl (C=O) groups excluding carboxylic acids is 1. The van der Waals surface area contributed by atoms with E-state index < -0.39 is 0 Å². The molecule has 2 amide bonds. The van der Waals surface area contributed by atoms with Gasteiger partial charge in [-0.25, -0.2) is 4.79 Å². The van der Waals surface area contributed by atoms with E-state index in [1.807, 2.05) is 6.92 Å². The molecule has 7 heteroatoms. The maximum Gasteiger partial charge on any atom is 0.321 e. The Bertz CT molecular complexity index is 583. The van der Waals surface area contributed by atoms with Gasteiger partial charge in [0.05, 0.1) is 0 Å². The van der Waals surface area contributed by atoms with Crippen molar-refractivity contribution in [2.45, 2.75) is 19.8 Å². The molecule has 0 bridgehead atoms. The molecule has 2 aromatic rings. The lowest BCUT2D eigenvalue weighted by molar-refractivity contribution is 0.249. The summed E-state index contributed by atoms with van der Waals surface area (Å²) in [7, 11) is 0. The first-order valence-electron chi connectivity index (χ1n) is 6.71. The zero-order valence-electron chi connectivity index (χ0n) is 11.8. The van der Waals surface area contributed by atoms with E-state index in [0.717, 1.165) is 10.6 Å². The summed E-state index contributed by atoms with van der Waals surface area (Å²) in [6, 6.07) is 7.91. The van der Waals surface area contributed by atoms with Gasteiger partial charge in [-0.15, -0.1) is 10.2 Å². The third kappa shape index (κ3) is 5.13. The van der Waals surface area contributed by atoms with Gasteiger partial charge in [-0.3, -0.25) is 5.32 Å². The van der Waals surface area contributed by atoms with Crippen LogP contribution in [0.5, 0.6) is 0 Å². The van der Waals surface area contributed by atoms with Crippen LogP contribution < -0.4 is 10.6 Å². The number of nitrogens with zero attached hydrogens (tertiary/aromatic N) is 2. The number of rotatable bonds is 6. The molecule has 0 saturated carbocycles. The molecule has 0 aliphatic rings. The van der Waals surface area contributed by atoms with Crippen molar-refractivity contribution in [3.63, 3.8) is 0 Å². The summed E-state index contributed by atoms with van der Waals surface area (Å²) in [5.41, 5.74) is 2.38. The van der Waals surface area contributed by atoms with Gasteiger partial charge in [0.2, 0.25) is 5.13 Å². The molecule has 1 aromatic carbocycles. The molecule has 6 nitrogen and oxygen atoms in total. The molecule has 2 rings (SSSR count).